The number of methoxy groups -OCH3 is 1. The predicted molar refractivity (Wildman–Crippen MR) is 126 cm³/mol. The lowest BCUT2D eigenvalue weighted by Crippen LogP contribution is -2.05. The van der Waals surface area contributed by atoms with Crippen LogP contribution in [0.2, 0.25) is 0 Å². The Hall–Kier alpha value is -3.59. The van der Waals surface area contributed by atoms with Crippen LogP contribution in [-0.4, -0.2) is 28.7 Å². The van der Waals surface area contributed by atoms with Crippen LogP contribution in [0.5, 0.6) is 11.5 Å². The minimum Gasteiger partial charge on any atom is -0.497 e. The number of ether oxygens (including phenoxy) is 2. The number of nitrogens with zero attached hydrogens (tertiary/aromatic N) is 3. The van der Waals surface area contributed by atoms with Crippen molar-refractivity contribution in [1.29, 1.82) is 0 Å². The summed E-state index contributed by atoms with van der Waals surface area (Å²) in [6.45, 7) is 2.86. The molecular formula is C22H24N6O2S. The second kappa shape index (κ2) is 9.48. The molecule has 0 fully saturated rings. The highest BCUT2D eigenvalue weighted by molar-refractivity contribution is 7.22. The number of unbranched alkanes of at least 4 members (excludes halogenated alkanes) is 1. The average molecular weight is 437 g/mol. The number of fused-ring (bicyclic) bond motifs is 1. The van der Waals surface area contributed by atoms with E-state index < -0.39 is 0 Å². The van der Waals surface area contributed by atoms with Crippen molar-refractivity contribution in [2.24, 2.45) is 0 Å². The van der Waals surface area contributed by atoms with E-state index in [0.717, 1.165) is 46.9 Å². The summed E-state index contributed by atoms with van der Waals surface area (Å²) in [6.07, 6.45) is 3.60. The fourth-order valence-corrected chi connectivity index (χ4v) is 3.78. The predicted octanol–water partition coefficient (Wildman–Crippen LogP) is 5.34. The Bertz CT molecular complexity index is 1160. The zero-order chi connectivity index (χ0) is 21.6. The number of nitrogens with one attached hydrogen (secondary N) is 2. The molecule has 0 atom stereocenters. The maximum Gasteiger partial charge on any atom is 0.189 e. The summed E-state index contributed by atoms with van der Waals surface area (Å²) < 4.78 is 12.0. The SMILES string of the molecule is CCCCOc1ccc(Nc2ncnc(Nc3nc4ccc(OC)cc4s3)c2N)cc1. The normalized spacial score (nSPS) is 10.8. The van der Waals surface area contributed by atoms with Gasteiger partial charge in [-0.2, -0.15) is 0 Å². The number of rotatable bonds is 9. The van der Waals surface area contributed by atoms with E-state index in [1.165, 1.54) is 17.7 Å². The first kappa shape index (κ1) is 20.7. The molecule has 0 bridgehead atoms. The summed E-state index contributed by atoms with van der Waals surface area (Å²) in [5.74, 6) is 2.63. The van der Waals surface area contributed by atoms with Gasteiger partial charge in [0.1, 0.15) is 23.5 Å². The van der Waals surface area contributed by atoms with Crippen molar-refractivity contribution >= 4 is 49.7 Å². The van der Waals surface area contributed by atoms with E-state index in [9.17, 15) is 0 Å². The van der Waals surface area contributed by atoms with Crippen LogP contribution in [0.1, 0.15) is 19.8 Å². The van der Waals surface area contributed by atoms with Crippen LogP contribution in [0.15, 0.2) is 48.8 Å². The Labute approximate surface area is 184 Å². The van der Waals surface area contributed by atoms with Crippen LogP contribution in [-0.2, 0) is 0 Å². The van der Waals surface area contributed by atoms with E-state index >= 15 is 0 Å². The molecule has 0 saturated heterocycles. The lowest BCUT2D eigenvalue weighted by molar-refractivity contribution is 0.309. The van der Waals surface area contributed by atoms with E-state index in [2.05, 4.69) is 32.5 Å². The summed E-state index contributed by atoms with van der Waals surface area (Å²) in [7, 11) is 1.64. The van der Waals surface area contributed by atoms with Gasteiger partial charge in [-0.15, -0.1) is 0 Å². The number of benzene rings is 2. The summed E-state index contributed by atoms with van der Waals surface area (Å²) in [4.78, 5) is 13.1. The van der Waals surface area contributed by atoms with Crippen molar-refractivity contribution in [3.8, 4) is 11.5 Å². The van der Waals surface area contributed by atoms with Crippen molar-refractivity contribution in [2.45, 2.75) is 19.8 Å². The molecule has 8 nitrogen and oxygen atoms in total. The quantitative estimate of drug-likeness (QED) is 0.302. The molecule has 2 heterocycles. The van der Waals surface area contributed by atoms with E-state index in [0.29, 0.717) is 22.5 Å². The fraction of sp³-hybridized carbons (Fsp3) is 0.227. The number of hydrogen-bond acceptors (Lipinski definition) is 9. The molecule has 31 heavy (non-hydrogen) atoms. The van der Waals surface area contributed by atoms with Gasteiger partial charge in [-0.05, 0) is 48.9 Å². The van der Waals surface area contributed by atoms with Gasteiger partial charge in [0, 0.05) is 5.69 Å². The van der Waals surface area contributed by atoms with Gasteiger partial charge >= 0.3 is 0 Å². The highest BCUT2D eigenvalue weighted by Gasteiger charge is 2.12. The topological polar surface area (TPSA) is 107 Å². The van der Waals surface area contributed by atoms with Crippen LogP contribution < -0.4 is 25.8 Å². The van der Waals surface area contributed by atoms with Crippen molar-refractivity contribution in [3.05, 3.63) is 48.8 Å². The van der Waals surface area contributed by atoms with Gasteiger partial charge in [0.2, 0.25) is 0 Å². The highest BCUT2D eigenvalue weighted by atomic mass is 32.1. The minimum atomic E-state index is 0.405. The zero-order valence-electron chi connectivity index (χ0n) is 17.4. The van der Waals surface area contributed by atoms with Crippen molar-refractivity contribution in [1.82, 2.24) is 15.0 Å². The Morgan fingerprint density at radius 3 is 2.48 bits per heavy atom. The lowest BCUT2D eigenvalue weighted by atomic mass is 10.3. The zero-order valence-corrected chi connectivity index (χ0v) is 18.2. The first-order chi connectivity index (χ1) is 15.2. The van der Waals surface area contributed by atoms with Gasteiger partial charge in [0.15, 0.2) is 16.8 Å². The van der Waals surface area contributed by atoms with Crippen molar-refractivity contribution < 1.29 is 9.47 Å². The Morgan fingerprint density at radius 2 is 1.74 bits per heavy atom. The smallest absolute Gasteiger partial charge is 0.189 e. The lowest BCUT2D eigenvalue weighted by Gasteiger charge is -2.12. The van der Waals surface area contributed by atoms with Gasteiger partial charge in [-0.3, -0.25) is 0 Å². The van der Waals surface area contributed by atoms with E-state index in [1.807, 2.05) is 42.5 Å². The highest BCUT2D eigenvalue weighted by Crippen LogP contribution is 2.33. The third-order valence-electron chi connectivity index (χ3n) is 4.59. The molecule has 0 unspecified atom stereocenters. The van der Waals surface area contributed by atoms with Gasteiger partial charge < -0.3 is 25.8 Å². The average Bonchev–Trinajstić information content (AvgIpc) is 3.19. The number of nitrogens with two attached hydrogens (primary N) is 1. The number of anilines is 5. The monoisotopic (exact) mass is 436 g/mol. The molecule has 4 N–H and O–H groups in total. The molecule has 0 amide bonds. The molecule has 2 aromatic carbocycles. The summed E-state index contributed by atoms with van der Waals surface area (Å²) >= 11 is 1.50. The van der Waals surface area contributed by atoms with E-state index in [-0.39, 0.29) is 0 Å². The molecule has 9 heteroatoms. The molecule has 2 aromatic heterocycles. The molecular weight excluding hydrogens is 412 g/mol. The maximum atomic E-state index is 6.31. The largest absolute Gasteiger partial charge is 0.497 e. The molecule has 0 aliphatic heterocycles. The number of nitrogen functional groups attached to an aromatic ring is 1. The standard InChI is InChI=1S/C22H24N6O2S/c1-3-4-11-30-15-7-5-14(6-8-15)26-20-19(23)21(25-13-24-20)28-22-27-17-10-9-16(29-2)12-18(17)31-22/h5-10,12-13H,3-4,11,23H2,1-2H3,(H2,24,25,26,27,28). The van der Waals surface area contributed by atoms with E-state index in [4.69, 9.17) is 15.2 Å². The minimum absolute atomic E-state index is 0.405. The molecule has 4 aromatic rings. The molecule has 0 radical (unpaired) electrons. The van der Waals surface area contributed by atoms with Crippen LogP contribution in [0.25, 0.3) is 10.2 Å². The van der Waals surface area contributed by atoms with Crippen LogP contribution in [0.4, 0.5) is 28.1 Å². The summed E-state index contributed by atoms with van der Waals surface area (Å²) in [5.41, 5.74) is 8.45. The fourth-order valence-electron chi connectivity index (χ4n) is 2.89. The summed E-state index contributed by atoms with van der Waals surface area (Å²) in [6, 6.07) is 13.4. The van der Waals surface area contributed by atoms with Crippen LogP contribution in [0.3, 0.4) is 0 Å². The van der Waals surface area contributed by atoms with Gasteiger partial charge in [0.25, 0.3) is 0 Å². The molecule has 0 spiro atoms. The molecule has 0 aliphatic carbocycles. The Morgan fingerprint density at radius 1 is 1.00 bits per heavy atom. The summed E-state index contributed by atoms with van der Waals surface area (Å²) in [5, 5.41) is 7.11. The van der Waals surface area contributed by atoms with Gasteiger partial charge in [-0.25, -0.2) is 15.0 Å². The number of hydrogen-bond donors (Lipinski definition) is 3. The third-order valence-corrected chi connectivity index (χ3v) is 5.52. The molecule has 0 saturated carbocycles. The van der Waals surface area contributed by atoms with Crippen LogP contribution >= 0.6 is 11.3 Å². The van der Waals surface area contributed by atoms with Crippen molar-refractivity contribution in [3.63, 3.8) is 0 Å². The Balaban J connectivity index is 1.48. The second-order valence-electron chi connectivity index (χ2n) is 6.81. The molecule has 0 aliphatic rings. The first-order valence-corrected chi connectivity index (χ1v) is 10.8. The third kappa shape index (κ3) is 4.95. The Kier molecular flexibility index (Phi) is 6.32. The molecule has 4 rings (SSSR count). The van der Waals surface area contributed by atoms with Gasteiger partial charge in [-0.1, -0.05) is 24.7 Å². The number of thiazole rings is 1. The van der Waals surface area contributed by atoms with Gasteiger partial charge in [0.05, 0.1) is 23.9 Å². The second-order valence-corrected chi connectivity index (χ2v) is 7.84. The molecule has 160 valence electrons. The van der Waals surface area contributed by atoms with E-state index in [1.54, 1.807) is 7.11 Å². The maximum absolute atomic E-state index is 6.31. The van der Waals surface area contributed by atoms with Crippen molar-refractivity contribution in [2.75, 3.05) is 30.1 Å². The van der Waals surface area contributed by atoms with Crippen LogP contribution in [0, 0.1) is 0 Å². The first-order valence-electron chi connectivity index (χ1n) is 9.98. The number of aromatic nitrogens is 3.